The number of hydrogen-bond donors (Lipinski definition) is 15. The Hall–Kier alpha value is -4.26. The van der Waals surface area contributed by atoms with E-state index in [0.29, 0.717) is 31.7 Å². The lowest BCUT2D eigenvalue weighted by atomic mass is 10.0. The Labute approximate surface area is 406 Å². The highest BCUT2D eigenvalue weighted by atomic mass is 32.2. The van der Waals surface area contributed by atoms with Crippen molar-refractivity contribution in [3.8, 4) is 0 Å². The molecule has 0 radical (unpaired) electrons. The van der Waals surface area contributed by atoms with Crippen molar-refractivity contribution in [2.24, 2.45) is 0 Å². The molecule has 0 aliphatic carbocycles. The van der Waals surface area contributed by atoms with Gasteiger partial charge >= 0.3 is 0 Å². The third-order valence-corrected chi connectivity index (χ3v) is 14.9. The summed E-state index contributed by atoms with van der Waals surface area (Å²) in [6, 6.07) is 22.6. The maximum atomic E-state index is 13.8. The lowest BCUT2D eigenvalue weighted by Crippen LogP contribution is -2.57. The molecule has 3 heterocycles. The lowest BCUT2D eigenvalue weighted by molar-refractivity contribution is -0.205. The number of nitrogens with one attached hydrogen (secondary N) is 3. The van der Waals surface area contributed by atoms with Crippen LogP contribution >= 0.6 is 35.3 Å². The van der Waals surface area contributed by atoms with E-state index in [0.717, 1.165) is 35.3 Å². The van der Waals surface area contributed by atoms with Gasteiger partial charge in [-0.05, 0) is 91.0 Å². The molecule has 3 aliphatic heterocycles. The van der Waals surface area contributed by atoms with Crippen molar-refractivity contribution in [1.29, 1.82) is 0 Å². The molecule has 0 unspecified atom stereocenters. The molecule has 3 saturated heterocycles. The Balaban J connectivity index is 1.07. The van der Waals surface area contributed by atoms with E-state index in [9.17, 15) is 75.7 Å². The Kier molecular flexibility index (Phi) is 17.8. The van der Waals surface area contributed by atoms with Gasteiger partial charge in [-0.1, -0.05) is 35.3 Å². The van der Waals surface area contributed by atoms with Crippen LogP contribution in [0, 0.1) is 0 Å². The predicted molar refractivity (Wildman–Crippen MR) is 249 cm³/mol. The van der Waals surface area contributed by atoms with E-state index in [1.54, 1.807) is 36.4 Å². The number of aliphatic hydroxyl groups is 12. The van der Waals surface area contributed by atoms with Gasteiger partial charge in [0.15, 0.2) is 0 Å². The van der Waals surface area contributed by atoms with Crippen molar-refractivity contribution in [3.63, 3.8) is 0 Å². The number of rotatable bonds is 15. The van der Waals surface area contributed by atoms with Crippen LogP contribution in [0.5, 0.6) is 0 Å². The van der Waals surface area contributed by atoms with Crippen LogP contribution in [0.3, 0.4) is 0 Å². The first-order valence-electron chi connectivity index (χ1n) is 21.3. The third-order valence-electron chi connectivity index (χ3n) is 11.4. The van der Waals surface area contributed by atoms with Gasteiger partial charge in [-0.3, -0.25) is 14.4 Å². The molecule has 0 aromatic heterocycles. The van der Waals surface area contributed by atoms with Crippen LogP contribution in [-0.2, 0) is 14.2 Å². The molecule has 15 atom stereocenters. The lowest BCUT2D eigenvalue weighted by Gasteiger charge is -2.39. The van der Waals surface area contributed by atoms with E-state index in [1.807, 2.05) is 0 Å². The smallest absolute Gasteiger partial charge is 0.255 e. The second-order valence-corrected chi connectivity index (χ2v) is 19.7. The summed E-state index contributed by atoms with van der Waals surface area (Å²) in [5, 5.41) is 129. The Morgan fingerprint density at radius 2 is 0.609 bits per heavy atom. The SMILES string of the molecule is O=C(Nc1ccc(S[C@@H]2O[C@H](CO)[C@@H](O)[C@H](O)[C@H]2O)cc1)c1cc(C(=O)Nc2ccc(S[C@@H]3O[C@H](CO)[C@@H](O)[C@H](O)[C@H]3O)cc2)cc(C(=O)Nc2ccc(S[C@@H]3O[C@H](CO)[C@@H](O)[C@H](O)[C@H]3O)cc2)c1. The monoisotopic (exact) mass is 1020 g/mol. The normalized spacial score (nSPS) is 31.4. The summed E-state index contributed by atoms with van der Waals surface area (Å²) >= 11 is 3.03. The van der Waals surface area contributed by atoms with Crippen LogP contribution in [0.25, 0.3) is 0 Å². The number of benzene rings is 4. The van der Waals surface area contributed by atoms with Crippen LogP contribution in [0.2, 0.25) is 0 Å². The molecule has 4 aromatic rings. The molecular formula is C45H51N3O18S3. The van der Waals surface area contributed by atoms with Gasteiger partial charge in [0.25, 0.3) is 17.7 Å². The minimum Gasteiger partial charge on any atom is -0.394 e. The first kappa shape index (κ1) is 52.6. The van der Waals surface area contributed by atoms with Crippen molar-refractivity contribution in [1.82, 2.24) is 0 Å². The van der Waals surface area contributed by atoms with Crippen LogP contribution < -0.4 is 16.0 Å². The second-order valence-electron chi connectivity index (χ2n) is 16.2. The van der Waals surface area contributed by atoms with E-state index in [2.05, 4.69) is 16.0 Å². The summed E-state index contributed by atoms with van der Waals surface area (Å²) in [7, 11) is 0. The maximum absolute atomic E-state index is 13.8. The molecule has 24 heteroatoms. The van der Waals surface area contributed by atoms with E-state index in [1.165, 1.54) is 54.6 Å². The molecule has 3 aliphatic rings. The highest BCUT2D eigenvalue weighted by Crippen LogP contribution is 2.37. The Morgan fingerprint density at radius 3 is 0.826 bits per heavy atom. The van der Waals surface area contributed by atoms with Crippen molar-refractivity contribution in [2.45, 2.75) is 104 Å². The highest BCUT2D eigenvalue weighted by Gasteiger charge is 2.46. The second kappa shape index (κ2) is 23.3. The topological polar surface area (TPSA) is 358 Å². The Morgan fingerprint density at radius 1 is 0.377 bits per heavy atom. The molecule has 3 fully saturated rings. The summed E-state index contributed by atoms with van der Waals surface area (Å²) in [6.07, 6.45) is -17.0. The number of carbonyl (C=O) groups is 3. The van der Waals surface area contributed by atoms with Crippen molar-refractivity contribution < 1.29 is 89.9 Å². The average molecular weight is 1020 g/mol. The molecule has 15 N–H and O–H groups in total. The molecule has 372 valence electrons. The van der Waals surface area contributed by atoms with Crippen LogP contribution in [0.4, 0.5) is 17.1 Å². The number of carbonyl (C=O) groups excluding carboxylic acids is 3. The zero-order valence-electron chi connectivity index (χ0n) is 36.0. The third kappa shape index (κ3) is 12.4. The van der Waals surface area contributed by atoms with Gasteiger partial charge in [0.1, 0.15) is 89.6 Å². The number of hydrogen-bond acceptors (Lipinski definition) is 21. The van der Waals surface area contributed by atoms with Crippen LogP contribution in [-0.4, -0.2) is 188 Å². The van der Waals surface area contributed by atoms with Gasteiger partial charge < -0.3 is 91.4 Å². The quantitative estimate of drug-likeness (QED) is 0.0687. The molecule has 7 rings (SSSR count). The van der Waals surface area contributed by atoms with Gasteiger partial charge in [-0.2, -0.15) is 0 Å². The van der Waals surface area contributed by atoms with Gasteiger partial charge in [0, 0.05) is 48.4 Å². The van der Waals surface area contributed by atoms with E-state index < -0.39 is 127 Å². The molecule has 21 nitrogen and oxygen atoms in total. The first-order valence-corrected chi connectivity index (χ1v) is 23.9. The fraction of sp³-hybridized carbons (Fsp3) is 0.400. The fourth-order valence-electron chi connectivity index (χ4n) is 7.38. The number of amides is 3. The first-order chi connectivity index (χ1) is 33.0. The van der Waals surface area contributed by atoms with Gasteiger partial charge in [-0.15, -0.1) is 0 Å². The fourth-order valence-corrected chi connectivity index (χ4v) is 10.6. The molecule has 0 spiro atoms. The van der Waals surface area contributed by atoms with Crippen LogP contribution in [0.15, 0.2) is 106 Å². The van der Waals surface area contributed by atoms with Gasteiger partial charge in [0.05, 0.1) is 19.8 Å². The number of ether oxygens (including phenoxy) is 3. The van der Waals surface area contributed by atoms with E-state index in [-0.39, 0.29) is 16.7 Å². The Bertz CT molecular complexity index is 2110. The van der Waals surface area contributed by atoms with Crippen LogP contribution in [0.1, 0.15) is 31.1 Å². The summed E-state index contributed by atoms with van der Waals surface area (Å²) in [6.45, 7) is -1.77. The number of thioether (sulfide) groups is 3. The van der Waals surface area contributed by atoms with Crippen molar-refractivity contribution >= 4 is 70.1 Å². The highest BCUT2D eigenvalue weighted by molar-refractivity contribution is 8.00. The minimum atomic E-state index is -1.56. The predicted octanol–water partition coefficient (Wildman–Crippen LogP) is -0.880. The minimum absolute atomic E-state index is 0.0925. The molecule has 69 heavy (non-hydrogen) atoms. The summed E-state index contributed by atoms with van der Waals surface area (Å²) in [4.78, 5) is 43.0. The molecular weight excluding hydrogens is 967 g/mol. The zero-order valence-corrected chi connectivity index (χ0v) is 38.4. The van der Waals surface area contributed by atoms with E-state index >= 15 is 0 Å². The standard InChI is InChI=1S/C45H51N3O18S3/c49-16-28-31(52)34(55)37(58)43(64-28)67-25-7-1-22(2-8-25)46-40(61)19-13-20(41(62)47-23-3-9-26(10-4-23)68-44-38(59)35(56)32(53)29(17-50)65-44)15-21(14-19)42(63)48-24-5-11-27(12-6-24)69-45-39(60)36(57)33(54)30(18-51)66-45/h1-15,28-39,43-45,49-60H,16-18H2,(H,46,61)(H,47,62)(H,48,63)/t28-,29-,30-,31-,32-,33-,34+,35+,36+,37-,38-,39-,43+,44+,45+/m1/s1. The summed E-state index contributed by atoms with van der Waals surface area (Å²) in [5.41, 5.74) is -2.52. The summed E-state index contributed by atoms with van der Waals surface area (Å²) in [5.74, 6) is -2.13. The van der Waals surface area contributed by atoms with Gasteiger partial charge in [-0.25, -0.2) is 0 Å². The number of anilines is 3. The van der Waals surface area contributed by atoms with Gasteiger partial charge in [0.2, 0.25) is 0 Å². The molecule has 0 saturated carbocycles. The molecule has 4 aromatic carbocycles. The van der Waals surface area contributed by atoms with Crippen molar-refractivity contribution in [2.75, 3.05) is 35.8 Å². The molecule has 3 amide bonds. The molecule has 0 bridgehead atoms. The van der Waals surface area contributed by atoms with E-state index in [4.69, 9.17) is 14.2 Å². The number of aliphatic hydroxyl groups excluding tert-OH is 12. The largest absolute Gasteiger partial charge is 0.394 e. The van der Waals surface area contributed by atoms with Crippen molar-refractivity contribution in [3.05, 3.63) is 108 Å². The maximum Gasteiger partial charge on any atom is 0.255 e. The average Bonchev–Trinajstić information content (AvgIpc) is 3.35. The zero-order chi connectivity index (χ0) is 49.7. The summed E-state index contributed by atoms with van der Waals surface area (Å²) < 4.78 is 16.7.